The summed E-state index contributed by atoms with van der Waals surface area (Å²) < 4.78 is 11.3. The van der Waals surface area contributed by atoms with Crippen LogP contribution in [0.2, 0.25) is 0 Å². The molecule has 0 amide bonds. The summed E-state index contributed by atoms with van der Waals surface area (Å²) in [5.74, 6) is 0.866. The van der Waals surface area contributed by atoms with Crippen molar-refractivity contribution >= 4 is 0 Å². The van der Waals surface area contributed by atoms with Crippen LogP contribution in [-0.2, 0) is 11.3 Å². The Kier molecular flexibility index (Phi) is 10.3. The number of likely N-dealkylation sites (N-methyl/N-ethyl adjacent to an activating group) is 1. The fourth-order valence-electron chi connectivity index (χ4n) is 3.96. The van der Waals surface area contributed by atoms with Gasteiger partial charge in [-0.3, -0.25) is 4.90 Å². The van der Waals surface area contributed by atoms with E-state index in [1.54, 1.807) is 7.11 Å². The van der Waals surface area contributed by atoms with Gasteiger partial charge in [0.1, 0.15) is 18.5 Å². The molecule has 1 fully saturated rings. The minimum Gasteiger partial charge on any atom is -0.491 e. The van der Waals surface area contributed by atoms with Crippen molar-refractivity contribution < 1.29 is 14.6 Å². The summed E-state index contributed by atoms with van der Waals surface area (Å²) in [6.45, 7) is 7.81. The first kappa shape index (κ1) is 23.1. The maximum absolute atomic E-state index is 10.5. The molecule has 0 saturated heterocycles. The van der Waals surface area contributed by atoms with Gasteiger partial charge >= 0.3 is 0 Å². The summed E-state index contributed by atoms with van der Waals surface area (Å²) in [6.07, 6.45) is 5.99. The number of para-hydroxylation sites is 1. The molecule has 1 aliphatic rings. The average molecular weight is 393 g/mol. The standard InChI is InChI=1S/C23H40N2O3/c1-19(2)25(14-15-27-4)16-20-10-8-9-13-23(20)28-18-22(26)17-24(3)21-11-6-5-7-12-21/h8-10,13,19,21-22,26H,5-7,11-12,14-18H2,1-4H3. The van der Waals surface area contributed by atoms with Crippen LogP contribution < -0.4 is 4.74 Å². The molecule has 160 valence electrons. The Hall–Kier alpha value is -1.14. The SMILES string of the molecule is COCCN(Cc1ccccc1OCC(O)CN(C)C1CCCCC1)C(C)C. The van der Waals surface area contributed by atoms with Crippen molar-refractivity contribution in [2.75, 3.05) is 40.5 Å². The van der Waals surface area contributed by atoms with Gasteiger partial charge in [-0.15, -0.1) is 0 Å². The largest absolute Gasteiger partial charge is 0.491 e. The van der Waals surface area contributed by atoms with Gasteiger partial charge < -0.3 is 19.5 Å². The lowest BCUT2D eigenvalue weighted by Gasteiger charge is -2.32. The summed E-state index contributed by atoms with van der Waals surface area (Å²) in [6, 6.07) is 9.19. The molecule has 5 heteroatoms. The van der Waals surface area contributed by atoms with Crippen molar-refractivity contribution in [3.8, 4) is 5.75 Å². The van der Waals surface area contributed by atoms with Gasteiger partial charge in [0, 0.05) is 44.4 Å². The molecule has 28 heavy (non-hydrogen) atoms. The van der Waals surface area contributed by atoms with E-state index in [9.17, 15) is 5.11 Å². The Labute approximate surface area is 171 Å². The molecule has 0 aromatic heterocycles. The van der Waals surface area contributed by atoms with E-state index in [4.69, 9.17) is 9.47 Å². The zero-order valence-electron chi connectivity index (χ0n) is 18.3. The third-order valence-electron chi connectivity index (χ3n) is 5.79. The van der Waals surface area contributed by atoms with Crippen LogP contribution in [0.25, 0.3) is 0 Å². The lowest BCUT2D eigenvalue weighted by molar-refractivity contribution is 0.0553. The van der Waals surface area contributed by atoms with E-state index in [1.807, 2.05) is 18.2 Å². The smallest absolute Gasteiger partial charge is 0.123 e. The number of hydrogen-bond acceptors (Lipinski definition) is 5. The Morgan fingerprint density at radius 1 is 1.14 bits per heavy atom. The van der Waals surface area contributed by atoms with Crippen LogP contribution in [0.15, 0.2) is 24.3 Å². The predicted octanol–water partition coefficient (Wildman–Crippen LogP) is 3.55. The van der Waals surface area contributed by atoms with Crippen molar-refractivity contribution in [1.29, 1.82) is 0 Å². The highest BCUT2D eigenvalue weighted by Crippen LogP contribution is 2.23. The lowest BCUT2D eigenvalue weighted by Crippen LogP contribution is -2.40. The van der Waals surface area contributed by atoms with E-state index in [1.165, 1.54) is 32.1 Å². The molecule has 0 bridgehead atoms. The highest BCUT2D eigenvalue weighted by molar-refractivity contribution is 5.33. The van der Waals surface area contributed by atoms with E-state index < -0.39 is 6.10 Å². The number of benzene rings is 1. The first-order valence-corrected chi connectivity index (χ1v) is 10.8. The van der Waals surface area contributed by atoms with Crippen LogP contribution in [0.5, 0.6) is 5.75 Å². The van der Waals surface area contributed by atoms with Crippen molar-refractivity contribution in [3.63, 3.8) is 0 Å². The van der Waals surface area contributed by atoms with E-state index in [0.29, 0.717) is 31.8 Å². The van der Waals surface area contributed by atoms with Crippen molar-refractivity contribution in [3.05, 3.63) is 29.8 Å². The quantitative estimate of drug-likeness (QED) is 0.589. The molecule has 0 radical (unpaired) electrons. The molecule has 5 nitrogen and oxygen atoms in total. The monoisotopic (exact) mass is 392 g/mol. The highest BCUT2D eigenvalue weighted by atomic mass is 16.5. The number of hydrogen-bond donors (Lipinski definition) is 1. The third-order valence-corrected chi connectivity index (χ3v) is 5.79. The Morgan fingerprint density at radius 2 is 1.86 bits per heavy atom. The molecule has 1 saturated carbocycles. The molecule has 1 atom stereocenters. The number of aliphatic hydroxyl groups excluding tert-OH is 1. The molecular weight excluding hydrogens is 352 g/mol. The maximum atomic E-state index is 10.5. The first-order chi connectivity index (χ1) is 13.5. The molecule has 0 heterocycles. The van der Waals surface area contributed by atoms with E-state index in [2.05, 4.69) is 36.8 Å². The lowest BCUT2D eigenvalue weighted by atomic mass is 9.94. The summed E-state index contributed by atoms with van der Waals surface area (Å²) in [5.41, 5.74) is 1.15. The third kappa shape index (κ3) is 7.70. The molecule has 1 aromatic rings. The van der Waals surface area contributed by atoms with Gasteiger partial charge in [-0.05, 0) is 39.8 Å². The van der Waals surface area contributed by atoms with Gasteiger partial charge in [0.15, 0.2) is 0 Å². The van der Waals surface area contributed by atoms with E-state index in [-0.39, 0.29) is 0 Å². The highest BCUT2D eigenvalue weighted by Gasteiger charge is 2.20. The van der Waals surface area contributed by atoms with Crippen LogP contribution in [-0.4, -0.2) is 73.6 Å². The molecule has 1 unspecified atom stereocenters. The minimum absolute atomic E-state index is 0.327. The van der Waals surface area contributed by atoms with Crippen LogP contribution >= 0.6 is 0 Å². The van der Waals surface area contributed by atoms with Gasteiger partial charge in [0.05, 0.1) is 6.61 Å². The van der Waals surface area contributed by atoms with Gasteiger partial charge in [0.2, 0.25) is 0 Å². The van der Waals surface area contributed by atoms with Gasteiger partial charge in [-0.2, -0.15) is 0 Å². The Morgan fingerprint density at radius 3 is 2.54 bits per heavy atom. The zero-order chi connectivity index (χ0) is 20.4. The van der Waals surface area contributed by atoms with Crippen LogP contribution in [0.1, 0.15) is 51.5 Å². The number of nitrogens with zero attached hydrogens (tertiary/aromatic N) is 2. The van der Waals surface area contributed by atoms with Crippen molar-refractivity contribution in [1.82, 2.24) is 9.80 Å². The van der Waals surface area contributed by atoms with Crippen LogP contribution in [0, 0.1) is 0 Å². The summed E-state index contributed by atoms with van der Waals surface area (Å²) in [5, 5.41) is 10.5. The summed E-state index contributed by atoms with van der Waals surface area (Å²) in [7, 11) is 3.87. The second kappa shape index (κ2) is 12.4. The first-order valence-electron chi connectivity index (χ1n) is 10.8. The second-order valence-corrected chi connectivity index (χ2v) is 8.36. The fraction of sp³-hybridized carbons (Fsp3) is 0.739. The average Bonchev–Trinajstić information content (AvgIpc) is 2.70. The molecule has 1 aliphatic carbocycles. The van der Waals surface area contributed by atoms with E-state index >= 15 is 0 Å². The Balaban J connectivity index is 1.87. The van der Waals surface area contributed by atoms with E-state index in [0.717, 1.165) is 24.4 Å². The number of methoxy groups -OCH3 is 1. The second-order valence-electron chi connectivity index (χ2n) is 8.36. The normalized spacial score (nSPS) is 16.9. The van der Waals surface area contributed by atoms with Gasteiger partial charge in [-0.1, -0.05) is 37.5 Å². The Bertz CT molecular complexity index is 546. The molecule has 0 aliphatic heterocycles. The van der Waals surface area contributed by atoms with Crippen LogP contribution in [0.4, 0.5) is 0 Å². The molecule has 2 rings (SSSR count). The fourth-order valence-corrected chi connectivity index (χ4v) is 3.96. The van der Waals surface area contributed by atoms with Crippen molar-refractivity contribution in [2.24, 2.45) is 0 Å². The molecular formula is C23H40N2O3. The maximum Gasteiger partial charge on any atom is 0.123 e. The molecule has 1 aromatic carbocycles. The summed E-state index contributed by atoms with van der Waals surface area (Å²) >= 11 is 0. The number of ether oxygens (including phenoxy) is 2. The minimum atomic E-state index is -0.477. The molecule has 0 spiro atoms. The molecule has 1 N–H and O–H groups in total. The summed E-state index contributed by atoms with van der Waals surface area (Å²) in [4.78, 5) is 4.68. The number of aliphatic hydroxyl groups is 1. The zero-order valence-corrected chi connectivity index (χ0v) is 18.3. The topological polar surface area (TPSA) is 45.2 Å². The van der Waals surface area contributed by atoms with Crippen molar-refractivity contribution in [2.45, 2.75) is 70.7 Å². The van der Waals surface area contributed by atoms with Gasteiger partial charge in [0.25, 0.3) is 0 Å². The number of rotatable bonds is 12. The van der Waals surface area contributed by atoms with Crippen LogP contribution in [0.3, 0.4) is 0 Å². The predicted molar refractivity (Wildman–Crippen MR) is 115 cm³/mol. The van der Waals surface area contributed by atoms with Gasteiger partial charge in [-0.25, -0.2) is 0 Å².